The molecule has 0 radical (unpaired) electrons. The van der Waals surface area contributed by atoms with Gasteiger partial charge in [-0.2, -0.15) is 5.26 Å². The fourth-order valence-electron chi connectivity index (χ4n) is 2.52. The Hall–Kier alpha value is -3.59. The van der Waals surface area contributed by atoms with Crippen molar-refractivity contribution >= 4 is 23.8 Å². The number of nitriles is 1. The van der Waals surface area contributed by atoms with Crippen molar-refractivity contribution in [2.45, 2.75) is 32.9 Å². The van der Waals surface area contributed by atoms with E-state index in [1.807, 2.05) is 39.0 Å². The first-order chi connectivity index (χ1) is 13.7. The molecular formula is C23H25N3O3. The Balaban J connectivity index is 2.00. The van der Waals surface area contributed by atoms with Crippen LogP contribution in [0.3, 0.4) is 0 Å². The summed E-state index contributed by atoms with van der Waals surface area (Å²) in [5.74, 6) is -0.310. The van der Waals surface area contributed by atoms with Crippen molar-refractivity contribution in [3.05, 3.63) is 71.3 Å². The van der Waals surface area contributed by atoms with Crippen LogP contribution in [0.4, 0.5) is 10.5 Å². The lowest BCUT2D eigenvalue weighted by atomic mass is 10.1. The van der Waals surface area contributed by atoms with Crippen LogP contribution in [0.15, 0.2) is 54.6 Å². The number of nitrogens with zero attached hydrogens (tertiary/aromatic N) is 2. The lowest BCUT2D eigenvalue weighted by Gasteiger charge is -2.24. The van der Waals surface area contributed by atoms with Crippen molar-refractivity contribution in [1.82, 2.24) is 4.90 Å². The highest BCUT2D eigenvalue weighted by atomic mass is 16.6. The van der Waals surface area contributed by atoms with Crippen molar-refractivity contribution in [2.24, 2.45) is 0 Å². The van der Waals surface area contributed by atoms with Gasteiger partial charge >= 0.3 is 6.09 Å². The molecule has 2 amide bonds. The highest BCUT2D eigenvalue weighted by Gasteiger charge is 2.19. The molecule has 6 heteroatoms. The Morgan fingerprint density at radius 2 is 1.90 bits per heavy atom. The van der Waals surface area contributed by atoms with Crippen LogP contribution < -0.4 is 5.32 Å². The van der Waals surface area contributed by atoms with Gasteiger partial charge in [0.15, 0.2) is 0 Å². The first kappa shape index (κ1) is 21.7. The van der Waals surface area contributed by atoms with E-state index in [4.69, 9.17) is 10.00 Å². The summed E-state index contributed by atoms with van der Waals surface area (Å²) in [6.45, 7) is 5.80. The van der Waals surface area contributed by atoms with Gasteiger partial charge in [-0.15, -0.1) is 0 Å². The maximum atomic E-state index is 12.2. The summed E-state index contributed by atoms with van der Waals surface area (Å²) in [5.41, 5.74) is 2.09. The van der Waals surface area contributed by atoms with Crippen LogP contribution in [-0.2, 0) is 16.1 Å². The van der Waals surface area contributed by atoms with Gasteiger partial charge < -0.3 is 15.0 Å². The quantitative estimate of drug-likeness (QED) is 0.757. The standard InChI is InChI=1S/C23H25N3O3/c1-23(2,3)29-22(28)26(4)16-17-8-7-11-20(14-17)25-21(27)13-12-18-9-5-6-10-19(18)15-24/h5-14H,16H2,1-4H3,(H,25,27)/b13-12+. The summed E-state index contributed by atoms with van der Waals surface area (Å²) in [6.07, 6.45) is 2.58. The third-order valence-electron chi connectivity index (χ3n) is 3.81. The fraction of sp³-hybridized carbons (Fsp3) is 0.261. The summed E-state index contributed by atoms with van der Waals surface area (Å²) in [6, 6.07) is 16.4. The molecule has 0 unspecified atom stereocenters. The Morgan fingerprint density at radius 3 is 2.59 bits per heavy atom. The second kappa shape index (κ2) is 9.56. The zero-order valence-electron chi connectivity index (χ0n) is 17.1. The van der Waals surface area contributed by atoms with E-state index in [0.29, 0.717) is 23.4 Å². The normalized spacial score (nSPS) is 11.0. The molecule has 0 saturated heterocycles. The maximum Gasteiger partial charge on any atom is 0.410 e. The molecule has 0 aliphatic carbocycles. The van der Waals surface area contributed by atoms with Crippen LogP contribution in [0, 0.1) is 11.3 Å². The number of nitrogens with one attached hydrogen (secondary N) is 1. The second-order valence-electron chi connectivity index (χ2n) is 7.56. The molecule has 0 aliphatic rings. The van der Waals surface area contributed by atoms with Crippen LogP contribution in [0.5, 0.6) is 0 Å². The minimum atomic E-state index is -0.558. The van der Waals surface area contributed by atoms with Crippen LogP contribution >= 0.6 is 0 Å². The molecule has 6 nitrogen and oxygen atoms in total. The Kier molecular flexibility index (Phi) is 7.15. The van der Waals surface area contributed by atoms with E-state index < -0.39 is 11.7 Å². The molecule has 1 N–H and O–H groups in total. The minimum Gasteiger partial charge on any atom is -0.444 e. The molecule has 2 rings (SSSR count). The molecule has 0 fully saturated rings. The summed E-state index contributed by atoms with van der Waals surface area (Å²) in [4.78, 5) is 25.8. The molecule has 2 aromatic rings. The SMILES string of the molecule is CN(Cc1cccc(NC(=O)/C=C/c2ccccc2C#N)c1)C(=O)OC(C)(C)C. The van der Waals surface area contributed by atoms with Gasteiger partial charge in [0.1, 0.15) is 5.60 Å². The minimum absolute atomic E-state index is 0.310. The monoisotopic (exact) mass is 391 g/mol. The second-order valence-corrected chi connectivity index (χ2v) is 7.56. The first-order valence-corrected chi connectivity index (χ1v) is 9.19. The van der Waals surface area contributed by atoms with E-state index in [1.165, 1.54) is 11.0 Å². The van der Waals surface area contributed by atoms with Gasteiger partial charge in [-0.3, -0.25) is 4.79 Å². The van der Waals surface area contributed by atoms with Gasteiger partial charge in [-0.05, 0) is 56.2 Å². The maximum absolute atomic E-state index is 12.2. The number of anilines is 1. The van der Waals surface area contributed by atoms with Crippen molar-refractivity contribution in [3.63, 3.8) is 0 Å². The molecular weight excluding hydrogens is 366 g/mol. The van der Waals surface area contributed by atoms with Crippen molar-refractivity contribution in [1.29, 1.82) is 5.26 Å². The lowest BCUT2D eigenvalue weighted by molar-refractivity contribution is -0.111. The predicted molar refractivity (Wildman–Crippen MR) is 113 cm³/mol. The average molecular weight is 391 g/mol. The third-order valence-corrected chi connectivity index (χ3v) is 3.81. The van der Waals surface area contributed by atoms with E-state index >= 15 is 0 Å². The summed E-state index contributed by atoms with van der Waals surface area (Å²) in [7, 11) is 1.66. The number of amides is 2. The number of hydrogen-bond acceptors (Lipinski definition) is 4. The lowest BCUT2D eigenvalue weighted by Crippen LogP contribution is -2.33. The smallest absolute Gasteiger partial charge is 0.410 e. The molecule has 0 atom stereocenters. The van der Waals surface area contributed by atoms with Gasteiger partial charge in [0, 0.05) is 25.4 Å². The summed E-state index contributed by atoms with van der Waals surface area (Å²) >= 11 is 0. The largest absolute Gasteiger partial charge is 0.444 e. The van der Waals surface area contributed by atoms with Crippen LogP contribution in [0.25, 0.3) is 6.08 Å². The van der Waals surface area contributed by atoms with Gasteiger partial charge in [0.05, 0.1) is 11.6 Å². The average Bonchev–Trinajstić information content (AvgIpc) is 2.65. The first-order valence-electron chi connectivity index (χ1n) is 9.19. The van der Waals surface area contributed by atoms with Crippen LogP contribution in [0.2, 0.25) is 0 Å². The van der Waals surface area contributed by atoms with E-state index in [1.54, 1.807) is 43.5 Å². The summed E-state index contributed by atoms with van der Waals surface area (Å²) in [5, 5.41) is 11.9. The van der Waals surface area contributed by atoms with E-state index in [2.05, 4.69) is 11.4 Å². The number of carbonyl (C=O) groups is 2. The van der Waals surface area contributed by atoms with Gasteiger partial charge in [0.25, 0.3) is 0 Å². The van der Waals surface area contributed by atoms with Gasteiger partial charge in [-0.1, -0.05) is 30.3 Å². The molecule has 0 heterocycles. The predicted octanol–water partition coefficient (Wildman–Crippen LogP) is 4.58. The zero-order chi connectivity index (χ0) is 21.4. The van der Waals surface area contributed by atoms with E-state index in [-0.39, 0.29) is 5.91 Å². The van der Waals surface area contributed by atoms with Crippen molar-refractivity contribution < 1.29 is 14.3 Å². The molecule has 0 aliphatic heterocycles. The molecule has 2 aromatic carbocycles. The van der Waals surface area contributed by atoms with Crippen LogP contribution in [-0.4, -0.2) is 29.5 Å². The highest BCUT2D eigenvalue weighted by Crippen LogP contribution is 2.15. The molecule has 29 heavy (non-hydrogen) atoms. The Bertz CT molecular complexity index is 952. The van der Waals surface area contributed by atoms with Gasteiger partial charge in [-0.25, -0.2) is 4.79 Å². The molecule has 0 spiro atoms. The number of benzene rings is 2. The molecule has 150 valence electrons. The van der Waals surface area contributed by atoms with Crippen molar-refractivity contribution in [3.8, 4) is 6.07 Å². The van der Waals surface area contributed by atoms with E-state index in [9.17, 15) is 9.59 Å². The van der Waals surface area contributed by atoms with E-state index in [0.717, 1.165) is 5.56 Å². The van der Waals surface area contributed by atoms with Crippen LogP contribution in [0.1, 0.15) is 37.5 Å². The third kappa shape index (κ3) is 7.15. The number of carbonyl (C=O) groups excluding carboxylic acids is 2. The number of ether oxygens (including phenoxy) is 1. The topological polar surface area (TPSA) is 82.4 Å². The Labute approximate surface area is 171 Å². The molecule has 0 saturated carbocycles. The summed E-state index contributed by atoms with van der Waals surface area (Å²) < 4.78 is 5.34. The highest BCUT2D eigenvalue weighted by molar-refractivity contribution is 6.02. The zero-order valence-corrected chi connectivity index (χ0v) is 17.1. The fourth-order valence-corrected chi connectivity index (χ4v) is 2.52. The van der Waals surface area contributed by atoms with Crippen molar-refractivity contribution in [2.75, 3.05) is 12.4 Å². The van der Waals surface area contributed by atoms with Gasteiger partial charge in [0.2, 0.25) is 5.91 Å². The number of rotatable bonds is 5. The molecule has 0 bridgehead atoms. The number of hydrogen-bond donors (Lipinski definition) is 1. The molecule has 0 aromatic heterocycles. The Morgan fingerprint density at radius 1 is 1.17 bits per heavy atom.